The molecule has 1 aliphatic rings. The lowest BCUT2D eigenvalue weighted by Crippen LogP contribution is -2.41. The molecule has 0 radical (unpaired) electrons. The van der Waals surface area contributed by atoms with E-state index in [0.29, 0.717) is 22.5 Å². The molecule has 0 aliphatic carbocycles. The van der Waals surface area contributed by atoms with Crippen LogP contribution in [0.1, 0.15) is 40.7 Å². The number of fused-ring (bicyclic) bond motifs is 1. The molecule has 0 saturated carbocycles. The highest BCUT2D eigenvalue weighted by Crippen LogP contribution is 2.18. The molecule has 0 spiro atoms. The molecular weight excluding hydrogens is 426 g/mol. The number of nitrogens with zero attached hydrogens (tertiary/aromatic N) is 2. The van der Waals surface area contributed by atoms with Gasteiger partial charge < -0.3 is 15.4 Å². The number of hydrogen-bond acceptors (Lipinski definition) is 4. The Morgan fingerprint density at radius 3 is 2.56 bits per heavy atom. The van der Waals surface area contributed by atoms with Gasteiger partial charge in [0, 0.05) is 41.8 Å². The van der Waals surface area contributed by atoms with E-state index in [9.17, 15) is 9.59 Å². The second-order valence-electron chi connectivity index (χ2n) is 7.73. The number of aliphatic hydroxyl groups excluding tert-OH is 1. The van der Waals surface area contributed by atoms with Gasteiger partial charge in [0.05, 0.1) is 5.52 Å². The van der Waals surface area contributed by atoms with Gasteiger partial charge in [0.25, 0.3) is 5.91 Å². The van der Waals surface area contributed by atoms with Gasteiger partial charge in [-0.25, -0.2) is 0 Å². The van der Waals surface area contributed by atoms with Gasteiger partial charge in [-0.3, -0.25) is 14.3 Å². The van der Waals surface area contributed by atoms with Crippen molar-refractivity contribution in [1.29, 1.82) is 0 Å². The second-order valence-corrected chi connectivity index (χ2v) is 8.17. The van der Waals surface area contributed by atoms with Crippen LogP contribution < -0.4 is 15.8 Å². The van der Waals surface area contributed by atoms with E-state index in [4.69, 9.17) is 16.7 Å². The third kappa shape index (κ3) is 4.80. The summed E-state index contributed by atoms with van der Waals surface area (Å²) in [4.78, 5) is 26.3. The van der Waals surface area contributed by atoms with Crippen LogP contribution in [0.5, 0.6) is 0 Å². The van der Waals surface area contributed by atoms with Crippen molar-refractivity contribution in [3.8, 4) is 11.8 Å². The van der Waals surface area contributed by atoms with Crippen LogP contribution in [0, 0.1) is 11.8 Å². The number of benzene rings is 2. The summed E-state index contributed by atoms with van der Waals surface area (Å²) >= 11 is 5.92. The van der Waals surface area contributed by atoms with Crippen molar-refractivity contribution in [2.24, 2.45) is 0 Å². The molecule has 1 aromatic heterocycles. The summed E-state index contributed by atoms with van der Waals surface area (Å²) in [5, 5.41) is 15.1. The Labute approximate surface area is 191 Å². The lowest BCUT2D eigenvalue weighted by atomic mass is 10.1. The van der Waals surface area contributed by atoms with Crippen LogP contribution in [0.25, 0.3) is 10.9 Å². The number of amides is 1. The van der Waals surface area contributed by atoms with Crippen molar-refractivity contribution < 1.29 is 9.90 Å². The summed E-state index contributed by atoms with van der Waals surface area (Å²) in [5.74, 6) is 5.02. The van der Waals surface area contributed by atoms with Gasteiger partial charge in [-0.1, -0.05) is 35.6 Å². The van der Waals surface area contributed by atoms with E-state index in [0.717, 1.165) is 37.0 Å². The maximum Gasteiger partial charge on any atom is 0.257 e. The highest BCUT2D eigenvalue weighted by atomic mass is 35.5. The molecule has 7 heteroatoms. The van der Waals surface area contributed by atoms with Crippen molar-refractivity contribution >= 4 is 28.4 Å². The minimum absolute atomic E-state index is 0.0873. The van der Waals surface area contributed by atoms with Gasteiger partial charge in [-0.15, -0.1) is 0 Å². The average Bonchev–Trinajstić information content (AvgIpc) is 2.83. The minimum atomic E-state index is -0.426. The normalized spacial score (nSPS) is 13.5. The van der Waals surface area contributed by atoms with Gasteiger partial charge in [0.2, 0.25) is 5.43 Å². The number of nitrogens with one attached hydrogen (secondary N) is 1. The van der Waals surface area contributed by atoms with E-state index in [-0.39, 0.29) is 17.6 Å². The first-order valence-electron chi connectivity index (χ1n) is 10.6. The molecule has 1 fully saturated rings. The quantitative estimate of drug-likeness (QED) is 0.600. The monoisotopic (exact) mass is 449 g/mol. The number of hydrogen-bond donors (Lipinski definition) is 2. The van der Waals surface area contributed by atoms with Crippen molar-refractivity contribution in [2.45, 2.75) is 25.8 Å². The number of carbonyl (C=O) groups is 1. The molecule has 164 valence electrons. The maximum absolute atomic E-state index is 13.3. The third-order valence-electron chi connectivity index (χ3n) is 5.54. The molecule has 6 nitrogen and oxygen atoms in total. The van der Waals surface area contributed by atoms with Gasteiger partial charge in [-0.2, -0.15) is 0 Å². The van der Waals surface area contributed by atoms with E-state index in [2.05, 4.69) is 22.2 Å². The van der Waals surface area contributed by atoms with Gasteiger partial charge >= 0.3 is 0 Å². The fourth-order valence-electron chi connectivity index (χ4n) is 3.90. The first kappa shape index (κ1) is 21.9. The molecule has 3 aromatic rings. The molecule has 1 saturated heterocycles. The number of rotatable bonds is 4. The molecule has 4 rings (SSSR count). The smallest absolute Gasteiger partial charge is 0.257 e. The Hall–Kier alpha value is -3.27. The van der Waals surface area contributed by atoms with Crippen LogP contribution in [-0.4, -0.2) is 35.4 Å². The summed E-state index contributed by atoms with van der Waals surface area (Å²) in [6.45, 7) is 1.74. The van der Waals surface area contributed by atoms with Crippen molar-refractivity contribution in [2.75, 3.05) is 24.7 Å². The minimum Gasteiger partial charge on any atom is -0.384 e. The number of pyridine rings is 1. The third-order valence-corrected chi connectivity index (χ3v) is 5.80. The van der Waals surface area contributed by atoms with Crippen molar-refractivity contribution in [3.05, 3.63) is 80.6 Å². The van der Waals surface area contributed by atoms with Gasteiger partial charge in [0.15, 0.2) is 0 Å². The summed E-state index contributed by atoms with van der Waals surface area (Å²) < 4.78 is 1.93. The number of aromatic nitrogens is 1. The van der Waals surface area contributed by atoms with Crippen LogP contribution >= 0.6 is 11.6 Å². The first-order chi connectivity index (χ1) is 15.6. The van der Waals surface area contributed by atoms with E-state index in [1.807, 2.05) is 28.9 Å². The number of carbonyl (C=O) groups excluding carboxylic acids is 1. The Morgan fingerprint density at radius 1 is 1.09 bits per heavy atom. The lowest BCUT2D eigenvalue weighted by Gasteiger charge is -2.32. The zero-order chi connectivity index (χ0) is 22.5. The van der Waals surface area contributed by atoms with Gasteiger partial charge in [0.1, 0.15) is 12.2 Å². The topological polar surface area (TPSA) is 74.6 Å². The summed E-state index contributed by atoms with van der Waals surface area (Å²) in [7, 11) is 0. The Balaban J connectivity index is 1.74. The van der Waals surface area contributed by atoms with Crippen LogP contribution in [0.3, 0.4) is 0 Å². The Bertz CT molecular complexity index is 1250. The van der Waals surface area contributed by atoms with Crippen LogP contribution in [0.2, 0.25) is 5.02 Å². The molecule has 1 aliphatic heterocycles. The number of halogens is 1. The summed E-state index contributed by atoms with van der Waals surface area (Å²) in [5.41, 5.74) is 1.99. The fraction of sp³-hybridized carbons (Fsp3) is 0.280. The van der Waals surface area contributed by atoms with E-state index >= 15 is 0 Å². The molecule has 2 N–H and O–H groups in total. The number of piperidine rings is 1. The predicted molar refractivity (Wildman–Crippen MR) is 127 cm³/mol. The van der Waals surface area contributed by atoms with Gasteiger partial charge in [-0.05, 0) is 55.2 Å². The van der Waals surface area contributed by atoms with E-state index in [1.165, 1.54) is 6.42 Å². The SMILES string of the molecule is O=C(NCc1ccc(Cl)cc1)c1cn(N2CCCCC2)c2ccc(C#CCO)cc2c1=O. The highest BCUT2D eigenvalue weighted by Gasteiger charge is 2.19. The fourth-order valence-corrected chi connectivity index (χ4v) is 4.03. The molecule has 1 amide bonds. The van der Waals surface area contributed by atoms with Crippen molar-refractivity contribution in [3.63, 3.8) is 0 Å². The molecule has 2 heterocycles. The Morgan fingerprint density at radius 2 is 1.84 bits per heavy atom. The molecule has 2 aromatic carbocycles. The summed E-state index contributed by atoms with van der Waals surface area (Å²) in [6, 6.07) is 12.6. The molecule has 32 heavy (non-hydrogen) atoms. The zero-order valence-corrected chi connectivity index (χ0v) is 18.4. The highest BCUT2D eigenvalue weighted by molar-refractivity contribution is 6.30. The molecule has 0 unspecified atom stereocenters. The average molecular weight is 450 g/mol. The predicted octanol–water partition coefficient (Wildman–Crippen LogP) is 3.05. The van der Waals surface area contributed by atoms with Crippen LogP contribution in [0.4, 0.5) is 0 Å². The van der Waals surface area contributed by atoms with E-state index in [1.54, 1.807) is 24.4 Å². The first-order valence-corrected chi connectivity index (χ1v) is 11.0. The Kier molecular flexibility index (Phi) is 6.79. The van der Waals surface area contributed by atoms with Crippen molar-refractivity contribution in [1.82, 2.24) is 9.99 Å². The summed E-state index contributed by atoms with van der Waals surface area (Å²) in [6.07, 6.45) is 4.94. The largest absolute Gasteiger partial charge is 0.384 e. The van der Waals surface area contributed by atoms with Crippen LogP contribution in [-0.2, 0) is 6.54 Å². The molecule has 0 atom stereocenters. The van der Waals surface area contributed by atoms with Crippen LogP contribution in [0.15, 0.2) is 53.5 Å². The van der Waals surface area contributed by atoms with E-state index < -0.39 is 5.91 Å². The lowest BCUT2D eigenvalue weighted by molar-refractivity contribution is 0.0949. The second kappa shape index (κ2) is 9.90. The standard InChI is InChI=1S/C25H24ClN3O3/c26-20-9-6-19(7-10-20)16-27-25(32)22-17-29(28-12-2-1-3-13-28)23-11-8-18(5-4-14-30)15-21(23)24(22)31/h6-11,15,17,30H,1-3,12-14,16H2,(H,27,32). The maximum atomic E-state index is 13.3. The molecular formula is C25H24ClN3O3. The molecule has 0 bridgehead atoms. The zero-order valence-electron chi connectivity index (χ0n) is 17.6. The number of aliphatic hydroxyl groups is 1.